The highest BCUT2D eigenvalue weighted by Crippen LogP contribution is 2.33. The lowest BCUT2D eigenvalue weighted by Gasteiger charge is -2.12. The maximum absolute atomic E-state index is 11.2. The van der Waals surface area contributed by atoms with Gasteiger partial charge < -0.3 is 4.74 Å². The second kappa shape index (κ2) is 5.38. The summed E-state index contributed by atoms with van der Waals surface area (Å²) in [6.45, 7) is 0. The van der Waals surface area contributed by atoms with E-state index in [9.17, 15) is 4.79 Å². The maximum atomic E-state index is 11.2. The number of benzene rings is 1. The predicted molar refractivity (Wildman–Crippen MR) is 79.2 cm³/mol. The summed E-state index contributed by atoms with van der Waals surface area (Å²) in [6.07, 6.45) is 1.62. The third kappa shape index (κ3) is 2.57. The first-order valence-corrected chi connectivity index (χ1v) is 6.87. The third-order valence-electron chi connectivity index (χ3n) is 2.30. The Hall–Kier alpha value is -0.920. The molecule has 1 heterocycles. The van der Waals surface area contributed by atoms with E-state index >= 15 is 0 Å². The second-order valence-corrected chi connectivity index (χ2v) is 5.51. The zero-order valence-electron chi connectivity index (χ0n) is 9.24. The Labute approximate surface area is 125 Å². The van der Waals surface area contributed by atoms with Crippen molar-refractivity contribution in [2.45, 2.75) is 0 Å². The molecule has 0 aliphatic rings. The minimum atomic E-state index is -0.226. The molecular weight excluding hydrogens is 384 g/mol. The van der Waals surface area contributed by atoms with E-state index in [0.29, 0.717) is 10.5 Å². The Balaban J connectivity index is 2.71. The smallest absolute Gasteiger partial charge is 0.251 e. The van der Waals surface area contributed by atoms with Gasteiger partial charge in [0.2, 0.25) is 0 Å². The van der Waals surface area contributed by atoms with Gasteiger partial charge >= 0.3 is 0 Å². The fourth-order valence-corrected chi connectivity index (χ4v) is 3.07. The Morgan fingerprint density at radius 3 is 2.67 bits per heavy atom. The number of rotatable bonds is 2. The van der Waals surface area contributed by atoms with E-state index in [0.717, 1.165) is 14.6 Å². The number of nitrogens with one attached hydrogen (secondary N) is 1. The molecular formula is C11H8Br2N2O2S. The molecule has 0 saturated carbocycles. The summed E-state index contributed by atoms with van der Waals surface area (Å²) in [5, 5.41) is 0. The first-order valence-electron chi connectivity index (χ1n) is 4.88. The van der Waals surface area contributed by atoms with Crippen molar-refractivity contribution >= 4 is 44.1 Å². The number of halogens is 2. The van der Waals surface area contributed by atoms with Crippen molar-refractivity contribution in [3.8, 4) is 11.4 Å². The van der Waals surface area contributed by atoms with Crippen LogP contribution in [-0.2, 0) is 0 Å². The van der Waals surface area contributed by atoms with Gasteiger partial charge in [-0.3, -0.25) is 14.3 Å². The highest BCUT2D eigenvalue weighted by molar-refractivity contribution is 9.11. The molecule has 0 radical (unpaired) electrons. The molecule has 0 unspecified atom stereocenters. The molecule has 0 amide bonds. The van der Waals surface area contributed by atoms with Crippen LogP contribution in [0.15, 0.2) is 38.1 Å². The van der Waals surface area contributed by atoms with E-state index in [-0.39, 0.29) is 5.56 Å². The van der Waals surface area contributed by atoms with E-state index in [4.69, 9.17) is 17.0 Å². The number of aromatic nitrogens is 2. The molecule has 1 aromatic carbocycles. The highest BCUT2D eigenvalue weighted by atomic mass is 79.9. The van der Waals surface area contributed by atoms with Gasteiger partial charge in [-0.2, -0.15) is 0 Å². The van der Waals surface area contributed by atoms with Gasteiger partial charge in [-0.05, 0) is 50.1 Å². The number of H-pyrrole nitrogens is 1. The average molecular weight is 392 g/mol. The summed E-state index contributed by atoms with van der Waals surface area (Å²) in [7, 11) is 1.59. The third-order valence-corrected chi connectivity index (χ3v) is 3.86. The van der Waals surface area contributed by atoms with Gasteiger partial charge in [0.25, 0.3) is 5.56 Å². The topological polar surface area (TPSA) is 47.0 Å². The lowest BCUT2D eigenvalue weighted by Crippen LogP contribution is -2.10. The fraction of sp³-hybridized carbons (Fsp3) is 0.0909. The molecule has 0 aliphatic heterocycles. The minimum absolute atomic E-state index is 0.226. The van der Waals surface area contributed by atoms with E-state index in [1.54, 1.807) is 17.9 Å². The Bertz CT molecular complexity index is 709. The number of aromatic amines is 1. The standard InChI is InChI=1S/C11H8Br2N2O2S/c1-17-9-5-8(6(12)4-7(9)13)15-3-2-10(16)14-11(15)18/h2-5H,1H3,(H,14,16,18). The van der Waals surface area contributed by atoms with Gasteiger partial charge in [0, 0.05) is 22.8 Å². The van der Waals surface area contributed by atoms with Gasteiger partial charge in [-0.15, -0.1) is 0 Å². The van der Waals surface area contributed by atoms with Gasteiger partial charge in [0.05, 0.1) is 17.3 Å². The number of nitrogens with zero attached hydrogens (tertiary/aromatic N) is 1. The second-order valence-electron chi connectivity index (χ2n) is 3.42. The first kappa shape index (κ1) is 13.5. The maximum Gasteiger partial charge on any atom is 0.251 e. The molecule has 0 saturated heterocycles. The van der Waals surface area contributed by atoms with Crippen LogP contribution >= 0.6 is 44.1 Å². The highest BCUT2D eigenvalue weighted by Gasteiger charge is 2.09. The molecule has 1 N–H and O–H groups in total. The summed E-state index contributed by atoms with van der Waals surface area (Å²) in [5.74, 6) is 0.682. The fourth-order valence-electron chi connectivity index (χ4n) is 1.47. The molecule has 0 fully saturated rings. The van der Waals surface area contributed by atoms with Crippen molar-refractivity contribution in [3.63, 3.8) is 0 Å². The van der Waals surface area contributed by atoms with Crippen LogP contribution in [0.4, 0.5) is 0 Å². The van der Waals surface area contributed by atoms with Crippen LogP contribution in [0, 0.1) is 4.77 Å². The van der Waals surface area contributed by atoms with Gasteiger partial charge in [-0.1, -0.05) is 0 Å². The van der Waals surface area contributed by atoms with E-state index < -0.39 is 0 Å². The minimum Gasteiger partial charge on any atom is -0.495 e. The Morgan fingerprint density at radius 2 is 2.06 bits per heavy atom. The lowest BCUT2D eigenvalue weighted by molar-refractivity contribution is 0.412. The van der Waals surface area contributed by atoms with Crippen molar-refractivity contribution < 1.29 is 4.74 Å². The molecule has 2 aromatic rings. The first-order chi connectivity index (χ1) is 8.52. The van der Waals surface area contributed by atoms with Crippen LogP contribution in [0.2, 0.25) is 0 Å². The zero-order valence-corrected chi connectivity index (χ0v) is 13.2. The molecule has 0 bridgehead atoms. The molecule has 0 spiro atoms. The molecule has 0 aliphatic carbocycles. The lowest BCUT2D eigenvalue weighted by atomic mass is 10.3. The molecule has 18 heavy (non-hydrogen) atoms. The van der Waals surface area contributed by atoms with Crippen molar-refractivity contribution in [1.82, 2.24) is 9.55 Å². The van der Waals surface area contributed by atoms with Crippen molar-refractivity contribution in [1.29, 1.82) is 0 Å². The summed E-state index contributed by atoms with van der Waals surface area (Å²) >= 11 is 12.0. The number of hydrogen-bond donors (Lipinski definition) is 1. The van der Waals surface area contributed by atoms with Crippen molar-refractivity contribution in [3.05, 3.63) is 48.5 Å². The summed E-state index contributed by atoms with van der Waals surface area (Å²) < 4.78 is 8.92. The Morgan fingerprint density at radius 1 is 1.33 bits per heavy atom. The molecule has 1 aromatic heterocycles. The van der Waals surface area contributed by atoms with Crippen molar-refractivity contribution in [2.24, 2.45) is 0 Å². The van der Waals surface area contributed by atoms with Crippen LogP contribution in [0.1, 0.15) is 0 Å². The average Bonchev–Trinajstić information content (AvgIpc) is 2.30. The van der Waals surface area contributed by atoms with Gasteiger partial charge in [0.1, 0.15) is 5.75 Å². The van der Waals surface area contributed by atoms with E-state index in [1.807, 2.05) is 12.1 Å². The summed E-state index contributed by atoms with van der Waals surface area (Å²) in [5.41, 5.74) is 0.563. The Kier molecular flexibility index (Phi) is 4.04. The summed E-state index contributed by atoms with van der Waals surface area (Å²) in [6, 6.07) is 5.10. The van der Waals surface area contributed by atoms with Gasteiger partial charge in [-0.25, -0.2) is 0 Å². The van der Waals surface area contributed by atoms with Crippen LogP contribution in [-0.4, -0.2) is 16.7 Å². The SMILES string of the molecule is COc1cc(-n2ccc(=O)[nH]c2=S)c(Br)cc1Br. The molecule has 94 valence electrons. The quantitative estimate of drug-likeness (QED) is 0.797. The van der Waals surface area contributed by atoms with E-state index in [1.165, 1.54) is 6.07 Å². The number of hydrogen-bond acceptors (Lipinski definition) is 3. The molecule has 4 nitrogen and oxygen atoms in total. The predicted octanol–water partition coefficient (Wildman–Crippen LogP) is 3.43. The van der Waals surface area contributed by atoms with Crippen LogP contribution in [0.5, 0.6) is 5.75 Å². The van der Waals surface area contributed by atoms with Crippen molar-refractivity contribution in [2.75, 3.05) is 7.11 Å². The van der Waals surface area contributed by atoms with Crippen LogP contribution < -0.4 is 10.3 Å². The van der Waals surface area contributed by atoms with Crippen LogP contribution in [0.3, 0.4) is 0 Å². The van der Waals surface area contributed by atoms with E-state index in [2.05, 4.69) is 36.8 Å². The zero-order chi connectivity index (χ0) is 13.3. The molecule has 2 rings (SSSR count). The molecule has 7 heteroatoms. The van der Waals surface area contributed by atoms with Gasteiger partial charge in [0.15, 0.2) is 4.77 Å². The largest absolute Gasteiger partial charge is 0.495 e. The normalized spacial score (nSPS) is 10.4. The van der Waals surface area contributed by atoms with Crippen LogP contribution in [0.25, 0.3) is 5.69 Å². The molecule has 0 atom stereocenters. The number of methoxy groups -OCH3 is 1. The summed E-state index contributed by atoms with van der Waals surface area (Å²) in [4.78, 5) is 13.7. The monoisotopic (exact) mass is 390 g/mol. The number of ether oxygens (including phenoxy) is 1.